The van der Waals surface area contributed by atoms with E-state index in [0.717, 1.165) is 30.4 Å². The monoisotopic (exact) mass is 293 g/mol. The third-order valence-electron chi connectivity index (χ3n) is 3.50. The molecule has 0 spiro atoms. The second kappa shape index (κ2) is 6.80. The molecule has 1 N–H and O–H groups in total. The topological polar surface area (TPSA) is 29.9 Å². The third kappa shape index (κ3) is 3.88. The fraction of sp³-hybridized carbons (Fsp3) is 0.438. The smallest absolute Gasteiger partial charge is 0.126 e. The van der Waals surface area contributed by atoms with Crippen LogP contribution in [0.3, 0.4) is 0 Å². The Morgan fingerprint density at radius 3 is 2.33 bits per heavy atom. The molecule has 114 valence electrons. The van der Waals surface area contributed by atoms with Gasteiger partial charge in [0.2, 0.25) is 0 Å². The number of hydrogen-bond donors (Lipinski definition) is 1. The van der Waals surface area contributed by atoms with Crippen molar-refractivity contribution in [3.63, 3.8) is 0 Å². The highest BCUT2D eigenvalue weighted by molar-refractivity contribution is 5.22. The van der Waals surface area contributed by atoms with Crippen molar-refractivity contribution in [1.29, 1.82) is 0 Å². The fourth-order valence-corrected chi connectivity index (χ4v) is 2.53. The number of likely N-dealkylation sites (N-methyl/N-ethyl adjacent to an activating group) is 1. The van der Waals surface area contributed by atoms with Crippen molar-refractivity contribution < 1.29 is 8.78 Å². The summed E-state index contributed by atoms with van der Waals surface area (Å²) in [5.41, 5.74) is 2.68. The lowest BCUT2D eigenvalue weighted by molar-refractivity contribution is 0.503. The average Bonchev–Trinajstić information content (AvgIpc) is 2.78. The molecule has 0 aliphatic carbocycles. The molecule has 1 atom stereocenters. The molecule has 2 rings (SSSR count). The second-order valence-corrected chi connectivity index (χ2v) is 5.13. The minimum Gasteiger partial charge on any atom is -0.309 e. The molecule has 0 aliphatic rings. The highest BCUT2D eigenvalue weighted by atomic mass is 19.1. The molecular formula is C16H21F2N3. The van der Waals surface area contributed by atoms with E-state index in [9.17, 15) is 8.78 Å². The molecule has 5 heteroatoms. The highest BCUT2D eigenvalue weighted by Gasteiger charge is 2.17. The maximum atomic E-state index is 13.3. The highest BCUT2D eigenvalue weighted by Crippen LogP contribution is 2.20. The molecule has 0 saturated heterocycles. The number of rotatable bonds is 6. The first kappa shape index (κ1) is 15.6. The minimum atomic E-state index is -0.542. The number of aromatic nitrogens is 2. The van der Waals surface area contributed by atoms with Gasteiger partial charge in [-0.1, -0.05) is 13.8 Å². The van der Waals surface area contributed by atoms with Crippen LogP contribution >= 0.6 is 0 Å². The Morgan fingerprint density at radius 2 is 1.81 bits per heavy atom. The maximum Gasteiger partial charge on any atom is 0.126 e. The van der Waals surface area contributed by atoms with Crippen LogP contribution < -0.4 is 5.32 Å². The Hall–Kier alpha value is -1.75. The van der Waals surface area contributed by atoms with Crippen molar-refractivity contribution in [1.82, 2.24) is 15.1 Å². The molecule has 1 unspecified atom stereocenters. The van der Waals surface area contributed by atoms with Gasteiger partial charge in [0.05, 0.1) is 17.4 Å². The van der Waals surface area contributed by atoms with Crippen molar-refractivity contribution in [3.05, 3.63) is 52.9 Å². The summed E-state index contributed by atoms with van der Waals surface area (Å²) in [7, 11) is 1.89. The predicted molar refractivity (Wildman–Crippen MR) is 79.1 cm³/mol. The summed E-state index contributed by atoms with van der Waals surface area (Å²) in [4.78, 5) is 0. The van der Waals surface area contributed by atoms with E-state index in [1.165, 1.54) is 12.1 Å². The van der Waals surface area contributed by atoms with Gasteiger partial charge in [0.1, 0.15) is 11.6 Å². The lowest BCUT2D eigenvalue weighted by atomic mass is 10.0. The molecule has 0 fully saturated rings. The first-order chi connectivity index (χ1) is 10.0. The SMILES string of the molecule is CCNC(Cc1cc(F)cc(F)c1)c1cc(CC)nn1C. The van der Waals surface area contributed by atoms with Gasteiger partial charge in [0, 0.05) is 13.1 Å². The number of nitrogens with zero attached hydrogens (tertiary/aromatic N) is 2. The van der Waals surface area contributed by atoms with Gasteiger partial charge in [-0.3, -0.25) is 4.68 Å². The van der Waals surface area contributed by atoms with Crippen LogP contribution in [-0.4, -0.2) is 16.3 Å². The first-order valence-corrected chi connectivity index (χ1v) is 7.24. The van der Waals surface area contributed by atoms with Crippen LogP contribution in [0.4, 0.5) is 8.78 Å². The number of hydrogen-bond acceptors (Lipinski definition) is 2. The van der Waals surface area contributed by atoms with E-state index in [1.807, 2.05) is 24.7 Å². The number of halogens is 2. The van der Waals surface area contributed by atoms with Crippen LogP contribution in [0.5, 0.6) is 0 Å². The summed E-state index contributed by atoms with van der Waals surface area (Å²) < 4.78 is 28.5. The van der Waals surface area contributed by atoms with Crippen molar-refractivity contribution in [2.24, 2.45) is 7.05 Å². The molecule has 0 bridgehead atoms. The summed E-state index contributed by atoms with van der Waals surface area (Å²) >= 11 is 0. The van der Waals surface area contributed by atoms with Gasteiger partial charge in [0.25, 0.3) is 0 Å². The van der Waals surface area contributed by atoms with E-state index < -0.39 is 11.6 Å². The lowest BCUT2D eigenvalue weighted by Gasteiger charge is -2.18. The molecule has 3 nitrogen and oxygen atoms in total. The minimum absolute atomic E-state index is 0.0194. The van der Waals surface area contributed by atoms with Gasteiger partial charge in [-0.25, -0.2) is 8.78 Å². The standard InChI is InChI=1S/C16H21F2N3/c1-4-14-10-16(21(3)20-14)15(19-5-2)8-11-6-12(17)9-13(18)7-11/h6-7,9-10,15,19H,4-5,8H2,1-3H3. The van der Waals surface area contributed by atoms with E-state index in [2.05, 4.69) is 17.3 Å². The van der Waals surface area contributed by atoms with E-state index in [-0.39, 0.29) is 6.04 Å². The van der Waals surface area contributed by atoms with E-state index in [0.29, 0.717) is 12.0 Å². The normalized spacial score (nSPS) is 12.6. The van der Waals surface area contributed by atoms with Crippen LogP contribution in [0, 0.1) is 11.6 Å². The summed E-state index contributed by atoms with van der Waals surface area (Å²) in [5, 5.41) is 7.80. The largest absolute Gasteiger partial charge is 0.309 e. The molecule has 1 heterocycles. The summed E-state index contributed by atoms with van der Waals surface area (Å²) in [5.74, 6) is -1.08. The molecule has 2 aromatic rings. The zero-order chi connectivity index (χ0) is 15.4. The maximum absolute atomic E-state index is 13.3. The Labute approximate surface area is 124 Å². The molecule has 0 radical (unpaired) electrons. The van der Waals surface area contributed by atoms with Crippen LogP contribution in [0.1, 0.15) is 36.8 Å². The summed E-state index contributed by atoms with van der Waals surface area (Å²) in [6.45, 7) is 4.84. The van der Waals surface area contributed by atoms with Crippen molar-refractivity contribution in [3.8, 4) is 0 Å². The molecule has 1 aromatic carbocycles. The number of nitrogens with one attached hydrogen (secondary N) is 1. The molecule has 21 heavy (non-hydrogen) atoms. The van der Waals surface area contributed by atoms with Gasteiger partial charge in [0.15, 0.2) is 0 Å². The molecule has 0 amide bonds. The van der Waals surface area contributed by atoms with E-state index in [4.69, 9.17) is 0 Å². The molecular weight excluding hydrogens is 272 g/mol. The fourth-order valence-electron chi connectivity index (χ4n) is 2.53. The Balaban J connectivity index is 2.27. The average molecular weight is 293 g/mol. The molecule has 1 aromatic heterocycles. The van der Waals surface area contributed by atoms with Crippen molar-refractivity contribution >= 4 is 0 Å². The zero-order valence-corrected chi connectivity index (χ0v) is 12.7. The van der Waals surface area contributed by atoms with E-state index in [1.54, 1.807) is 0 Å². The molecule has 0 aliphatic heterocycles. The van der Waals surface area contributed by atoms with Gasteiger partial charge in [-0.05, 0) is 43.1 Å². The van der Waals surface area contributed by atoms with Gasteiger partial charge < -0.3 is 5.32 Å². The van der Waals surface area contributed by atoms with Gasteiger partial charge in [-0.2, -0.15) is 5.10 Å². The predicted octanol–water partition coefficient (Wildman–Crippen LogP) is 3.15. The van der Waals surface area contributed by atoms with Gasteiger partial charge in [-0.15, -0.1) is 0 Å². The Bertz CT molecular complexity index is 587. The second-order valence-electron chi connectivity index (χ2n) is 5.13. The number of aryl methyl sites for hydroxylation is 2. The lowest BCUT2D eigenvalue weighted by Crippen LogP contribution is -2.25. The van der Waals surface area contributed by atoms with Crippen LogP contribution in [0.15, 0.2) is 24.3 Å². The van der Waals surface area contributed by atoms with Gasteiger partial charge >= 0.3 is 0 Å². The van der Waals surface area contributed by atoms with Crippen LogP contribution in [-0.2, 0) is 19.9 Å². The number of benzene rings is 1. The first-order valence-electron chi connectivity index (χ1n) is 7.24. The van der Waals surface area contributed by atoms with E-state index >= 15 is 0 Å². The van der Waals surface area contributed by atoms with Crippen molar-refractivity contribution in [2.45, 2.75) is 32.7 Å². The van der Waals surface area contributed by atoms with Crippen LogP contribution in [0.2, 0.25) is 0 Å². The quantitative estimate of drug-likeness (QED) is 0.886. The van der Waals surface area contributed by atoms with Crippen LogP contribution in [0.25, 0.3) is 0 Å². The summed E-state index contributed by atoms with van der Waals surface area (Å²) in [6, 6.07) is 5.68. The zero-order valence-electron chi connectivity index (χ0n) is 12.7. The third-order valence-corrected chi connectivity index (χ3v) is 3.50. The Morgan fingerprint density at radius 1 is 1.14 bits per heavy atom. The molecule has 0 saturated carbocycles. The Kier molecular flexibility index (Phi) is 5.07. The van der Waals surface area contributed by atoms with Crippen molar-refractivity contribution in [2.75, 3.05) is 6.54 Å². The summed E-state index contributed by atoms with van der Waals surface area (Å²) in [6.07, 6.45) is 1.38.